The van der Waals surface area contributed by atoms with Gasteiger partial charge >= 0.3 is 5.97 Å². The molecule has 4 fully saturated rings. The van der Waals surface area contributed by atoms with Crippen molar-refractivity contribution in [1.29, 1.82) is 0 Å². The van der Waals surface area contributed by atoms with E-state index < -0.39 is 11.9 Å². The maximum Gasteiger partial charge on any atom is 0.316 e. The Bertz CT molecular complexity index is 501. The summed E-state index contributed by atoms with van der Waals surface area (Å²) in [5, 5.41) is 3.76. The maximum atomic E-state index is 12.2. The van der Waals surface area contributed by atoms with Crippen LogP contribution in [0.15, 0.2) is 11.8 Å². The minimum absolute atomic E-state index is 0.0923. The Morgan fingerprint density at radius 1 is 1.18 bits per heavy atom. The number of rotatable bonds is 3. The van der Waals surface area contributed by atoms with Gasteiger partial charge in [0.1, 0.15) is 5.92 Å². The molecular formula is C18H25NO3. The normalized spacial score (nSPS) is 43.0. The van der Waals surface area contributed by atoms with Crippen LogP contribution in [0.5, 0.6) is 0 Å². The number of carbonyl (C=O) groups excluding carboxylic acids is 2. The van der Waals surface area contributed by atoms with Crippen LogP contribution in [0.25, 0.3) is 0 Å². The van der Waals surface area contributed by atoms with E-state index in [4.69, 9.17) is 4.74 Å². The summed E-state index contributed by atoms with van der Waals surface area (Å²) in [6.45, 7) is 0. The lowest BCUT2D eigenvalue weighted by molar-refractivity contribution is -0.148. The zero-order chi connectivity index (χ0) is 15.3. The van der Waals surface area contributed by atoms with Crippen LogP contribution in [0, 0.1) is 23.7 Å². The van der Waals surface area contributed by atoms with E-state index in [1.54, 1.807) is 6.08 Å². The number of methoxy groups -OCH3 is 1. The minimum atomic E-state index is -0.591. The van der Waals surface area contributed by atoms with Crippen LogP contribution in [0.1, 0.15) is 51.4 Å². The van der Waals surface area contributed by atoms with E-state index in [1.165, 1.54) is 45.6 Å². The van der Waals surface area contributed by atoms with Gasteiger partial charge in [-0.25, -0.2) is 0 Å². The van der Waals surface area contributed by atoms with E-state index in [2.05, 4.69) is 5.32 Å². The average Bonchev–Trinajstić information content (AvgIpc) is 2.44. The Labute approximate surface area is 131 Å². The van der Waals surface area contributed by atoms with Crippen LogP contribution >= 0.6 is 0 Å². The molecule has 120 valence electrons. The zero-order valence-corrected chi connectivity index (χ0v) is 13.3. The van der Waals surface area contributed by atoms with Gasteiger partial charge in [-0.05, 0) is 69.1 Å². The first kappa shape index (κ1) is 14.3. The van der Waals surface area contributed by atoms with Gasteiger partial charge in [-0.15, -0.1) is 0 Å². The zero-order valence-electron chi connectivity index (χ0n) is 13.3. The summed E-state index contributed by atoms with van der Waals surface area (Å²) >= 11 is 0. The van der Waals surface area contributed by atoms with Gasteiger partial charge in [0, 0.05) is 17.3 Å². The fourth-order valence-electron chi connectivity index (χ4n) is 5.87. The lowest BCUT2D eigenvalue weighted by Crippen LogP contribution is -2.58. The fourth-order valence-corrected chi connectivity index (χ4v) is 5.87. The Balaban J connectivity index is 1.48. The van der Waals surface area contributed by atoms with Gasteiger partial charge in [-0.2, -0.15) is 0 Å². The van der Waals surface area contributed by atoms with E-state index in [9.17, 15) is 9.59 Å². The molecule has 1 unspecified atom stereocenters. The van der Waals surface area contributed by atoms with Crippen molar-refractivity contribution < 1.29 is 14.3 Å². The molecule has 0 radical (unpaired) electrons. The summed E-state index contributed by atoms with van der Waals surface area (Å²) in [5.41, 5.74) is 1.28. The third kappa shape index (κ3) is 2.37. The van der Waals surface area contributed by atoms with Gasteiger partial charge in [0.2, 0.25) is 0 Å². The predicted molar refractivity (Wildman–Crippen MR) is 81.9 cm³/mol. The standard InChI is InChI=1S/C18H25NO3/c1-22-17(21)15-3-2-14(7-16(15)20)19-18-8-11-4-12(9-18)6-13(5-11)10-18/h7,11-13,15,19H,2-6,8-10H2,1H3. The molecule has 0 heterocycles. The van der Waals surface area contributed by atoms with Gasteiger partial charge in [0.05, 0.1) is 7.11 Å². The number of ether oxygens (including phenoxy) is 1. The largest absolute Gasteiger partial charge is 0.468 e. The molecule has 22 heavy (non-hydrogen) atoms. The molecule has 0 aromatic rings. The molecule has 4 bridgehead atoms. The highest BCUT2D eigenvalue weighted by molar-refractivity contribution is 6.05. The van der Waals surface area contributed by atoms with Crippen LogP contribution in [0.3, 0.4) is 0 Å². The number of esters is 1. The second kappa shape index (κ2) is 5.10. The summed E-state index contributed by atoms with van der Waals surface area (Å²) < 4.78 is 4.72. The highest BCUT2D eigenvalue weighted by Crippen LogP contribution is 2.56. The van der Waals surface area contributed by atoms with Crippen LogP contribution in [0.2, 0.25) is 0 Å². The number of nitrogens with one attached hydrogen (secondary N) is 1. The van der Waals surface area contributed by atoms with Crippen LogP contribution in [0.4, 0.5) is 0 Å². The summed E-state index contributed by atoms with van der Waals surface area (Å²) in [5.74, 6) is 1.59. The first-order valence-corrected chi connectivity index (χ1v) is 8.67. The lowest BCUT2D eigenvalue weighted by atomic mass is 9.53. The van der Waals surface area contributed by atoms with Crippen molar-refractivity contribution in [3.8, 4) is 0 Å². The molecule has 1 N–H and O–H groups in total. The van der Waals surface area contributed by atoms with E-state index in [0.29, 0.717) is 6.42 Å². The summed E-state index contributed by atoms with van der Waals surface area (Å²) in [6, 6.07) is 0. The van der Waals surface area contributed by atoms with Crippen molar-refractivity contribution in [3.63, 3.8) is 0 Å². The summed E-state index contributed by atoms with van der Waals surface area (Å²) in [6.07, 6.45) is 11.1. The van der Waals surface area contributed by atoms with Crippen molar-refractivity contribution in [3.05, 3.63) is 11.8 Å². The molecule has 0 amide bonds. The van der Waals surface area contributed by atoms with Gasteiger partial charge in [-0.1, -0.05) is 0 Å². The monoisotopic (exact) mass is 303 g/mol. The lowest BCUT2D eigenvalue weighted by Gasteiger charge is -2.57. The quantitative estimate of drug-likeness (QED) is 0.643. The average molecular weight is 303 g/mol. The van der Waals surface area contributed by atoms with Gasteiger partial charge < -0.3 is 10.1 Å². The molecule has 5 aliphatic carbocycles. The molecule has 0 aromatic heterocycles. The van der Waals surface area contributed by atoms with E-state index >= 15 is 0 Å². The number of hydrogen-bond donors (Lipinski definition) is 1. The molecule has 4 nitrogen and oxygen atoms in total. The van der Waals surface area contributed by atoms with Gasteiger partial charge in [0.15, 0.2) is 5.78 Å². The number of carbonyl (C=O) groups is 2. The van der Waals surface area contributed by atoms with Crippen molar-refractivity contribution >= 4 is 11.8 Å². The highest BCUT2D eigenvalue weighted by atomic mass is 16.5. The maximum absolute atomic E-state index is 12.2. The smallest absolute Gasteiger partial charge is 0.316 e. The predicted octanol–water partition coefficient (Wildman–Crippen LogP) is 2.58. The SMILES string of the molecule is COC(=O)C1CCC(NC23CC4CC(CC(C4)C2)C3)=CC1=O. The third-order valence-corrected chi connectivity index (χ3v) is 6.31. The Morgan fingerprint density at radius 2 is 1.77 bits per heavy atom. The number of ketones is 1. The molecule has 0 aliphatic heterocycles. The van der Waals surface area contributed by atoms with E-state index in [-0.39, 0.29) is 11.3 Å². The van der Waals surface area contributed by atoms with Crippen LogP contribution in [-0.4, -0.2) is 24.4 Å². The second-order valence-corrected chi connectivity index (χ2v) is 8.01. The van der Waals surface area contributed by atoms with Crippen molar-refractivity contribution in [2.75, 3.05) is 7.11 Å². The van der Waals surface area contributed by atoms with E-state index in [0.717, 1.165) is 29.9 Å². The molecule has 5 rings (SSSR count). The Hall–Kier alpha value is -1.32. The number of hydrogen-bond acceptors (Lipinski definition) is 4. The van der Waals surface area contributed by atoms with E-state index in [1.807, 2.05) is 0 Å². The molecule has 5 aliphatic rings. The van der Waals surface area contributed by atoms with Crippen LogP contribution < -0.4 is 5.32 Å². The molecular weight excluding hydrogens is 278 g/mol. The topological polar surface area (TPSA) is 55.4 Å². The molecule has 4 heteroatoms. The van der Waals surface area contributed by atoms with Crippen molar-refractivity contribution in [1.82, 2.24) is 5.32 Å². The Morgan fingerprint density at radius 3 is 2.27 bits per heavy atom. The summed E-state index contributed by atoms with van der Waals surface area (Å²) in [4.78, 5) is 23.8. The van der Waals surface area contributed by atoms with Gasteiger partial charge in [0.25, 0.3) is 0 Å². The van der Waals surface area contributed by atoms with Crippen molar-refractivity contribution in [2.45, 2.75) is 56.9 Å². The molecule has 4 saturated carbocycles. The first-order chi connectivity index (χ1) is 10.6. The molecule has 1 atom stereocenters. The second-order valence-electron chi connectivity index (χ2n) is 8.01. The number of allylic oxidation sites excluding steroid dienone is 2. The summed E-state index contributed by atoms with van der Waals surface area (Å²) in [7, 11) is 1.35. The molecule has 0 spiro atoms. The first-order valence-electron chi connectivity index (χ1n) is 8.67. The highest BCUT2D eigenvalue weighted by Gasteiger charge is 2.51. The third-order valence-electron chi connectivity index (χ3n) is 6.31. The molecule has 0 saturated heterocycles. The fraction of sp³-hybridized carbons (Fsp3) is 0.778. The Kier molecular flexibility index (Phi) is 3.31. The van der Waals surface area contributed by atoms with Gasteiger partial charge in [-0.3, -0.25) is 9.59 Å². The van der Waals surface area contributed by atoms with Crippen molar-refractivity contribution in [2.24, 2.45) is 23.7 Å². The molecule has 0 aromatic carbocycles. The minimum Gasteiger partial charge on any atom is -0.468 e. The van der Waals surface area contributed by atoms with Crippen LogP contribution in [-0.2, 0) is 14.3 Å².